The Bertz CT molecular complexity index is 1150. The maximum absolute atomic E-state index is 13.3. The molecule has 0 fully saturated rings. The number of thioether (sulfide) groups is 1. The van der Waals surface area contributed by atoms with Gasteiger partial charge in [0, 0.05) is 29.4 Å². The van der Waals surface area contributed by atoms with Crippen molar-refractivity contribution in [1.29, 1.82) is 0 Å². The Morgan fingerprint density at radius 3 is 2.59 bits per heavy atom. The molecule has 0 aliphatic heterocycles. The van der Waals surface area contributed by atoms with Gasteiger partial charge in [0.25, 0.3) is 5.69 Å². The zero-order valence-electron chi connectivity index (χ0n) is 17.1. The van der Waals surface area contributed by atoms with E-state index in [2.05, 4.69) is 10.3 Å². The average Bonchev–Trinajstić information content (AvgIpc) is 3.15. The second-order valence-electron chi connectivity index (χ2n) is 7.13. The number of nitrogens with one attached hydrogen (secondary N) is 1. The Kier molecular flexibility index (Phi) is 6.87. The molecule has 0 aliphatic carbocycles. The van der Waals surface area contributed by atoms with Crippen molar-refractivity contribution in [1.82, 2.24) is 14.9 Å². The molecule has 0 unspecified atom stereocenters. The number of carbonyl (C=O) groups is 1. The number of nitro benzene ring substituents is 1. The van der Waals surface area contributed by atoms with Gasteiger partial charge in [-0.05, 0) is 32.0 Å². The maximum atomic E-state index is 13.3. The average molecular weight is 464 g/mol. The Morgan fingerprint density at radius 1 is 1.22 bits per heavy atom. The van der Waals surface area contributed by atoms with E-state index in [1.165, 1.54) is 41.1 Å². The van der Waals surface area contributed by atoms with Gasteiger partial charge in [0.15, 0.2) is 5.16 Å². The summed E-state index contributed by atoms with van der Waals surface area (Å²) in [6.07, 6.45) is -3.13. The minimum atomic E-state index is -4.55. The Hall–Kier alpha value is -3.34. The van der Waals surface area contributed by atoms with Crippen LogP contribution in [0, 0.1) is 10.1 Å². The summed E-state index contributed by atoms with van der Waals surface area (Å²) in [7, 11) is 0. The highest BCUT2D eigenvalue weighted by Crippen LogP contribution is 2.34. The van der Waals surface area contributed by atoms with E-state index in [9.17, 15) is 28.1 Å². The van der Waals surface area contributed by atoms with Gasteiger partial charge in [-0.3, -0.25) is 19.5 Å². The van der Waals surface area contributed by atoms with Crippen molar-refractivity contribution in [3.63, 3.8) is 0 Å². The van der Waals surface area contributed by atoms with E-state index in [0.29, 0.717) is 11.3 Å². The number of alkyl halides is 3. The standard InChI is InChI=1S/C21H19F3N4O3S/c1-13(2)26-19(29)12-32-20-25-11-18(14-5-3-8-17(9-14)28(30)31)27(20)16-7-4-6-15(10-16)21(22,23)24/h3-11,13H,12H2,1-2H3,(H,26,29). The Morgan fingerprint density at radius 2 is 1.94 bits per heavy atom. The maximum Gasteiger partial charge on any atom is 0.416 e. The van der Waals surface area contributed by atoms with Crippen LogP contribution in [0.25, 0.3) is 16.9 Å². The first-order valence-electron chi connectivity index (χ1n) is 9.48. The molecule has 1 N–H and O–H groups in total. The number of rotatable bonds is 7. The Balaban J connectivity index is 2.09. The molecule has 0 atom stereocenters. The van der Waals surface area contributed by atoms with Gasteiger partial charge < -0.3 is 5.32 Å². The first-order chi connectivity index (χ1) is 15.1. The van der Waals surface area contributed by atoms with Gasteiger partial charge in [-0.25, -0.2) is 4.98 Å². The summed E-state index contributed by atoms with van der Waals surface area (Å²) in [4.78, 5) is 27.0. The van der Waals surface area contributed by atoms with E-state index in [0.717, 1.165) is 23.9 Å². The molecule has 3 aromatic rings. The molecule has 168 valence electrons. The predicted molar refractivity (Wildman–Crippen MR) is 115 cm³/mol. The van der Waals surface area contributed by atoms with Crippen LogP contribution in [-0.4, -0.2) is 32.2 Å². The van der Waals surface area contributed by atoms with Crippen LogP contribution in [0.2, 0.25) is 0 Å². The molecule has 7 nitrogen and oxygen atoms in total. The number of nitro groups is 1. The summed E-state index contributed by atoms with van der Waals surface area (Å²) in [5.41, 5.74) is -0.0695. The highest BCUT2D eigenvalue weighted by Gasteiger charge is 2.31. The van der Waals surface area contributed by atoms with Crippen LogP contribution >= 0.6 is 11.8 Å². The summed E-state index contributed by atoms with van der Waals surface area (Å²) in [5, 5.41) is 14.2. The van der Waals surface area contributed by atoms with Crippen molar-refractivity contribution < 1.29 is 22.9 Å². The van der Waals surface area contributed by atoms with Crippen molar-refractivity contribution >= 4 is 23.4 Å². The summed E-state index contributed by atoms with van der Waals surface area (Å²) >= 11 is 1.06. The van der Waals surface area contributed by atoms with E-state index < -0.39 is 16.7 Å². The van der Waals surface area contributed by atoms with Crippen molar-refractivity contribution in [2.45, 2.75) is 31.2 Å². The second kappa shape index (κ2) is 9.43. The first-order valence-corrected chi connectivity index (χ1v) is 10.5. The highest BCUT2D eigenvalue weighted by atomic mass is 32.2. The van der Waals surface area contributed by atoms with Crippen molar-refractivity contribution in [3.05, 3.63) is 70.4 Å². The van der Waals surface area contributed by atoms with Crippen LogP contribution in [0.15, 0.2) is 59.9 Å². The lowest BCUT2D eigenvalue weighted by molar-refractivity contribution is -0.384. The van der Waals surface area contributed by atoms with E-state index in [1.54, 1.807) is 6.07 Å². The fourth-order valence-electron chi connectivity index (χ4n) is 2.98. The normalized spacial score (nSPS) is 11.6. The number of non-ortho nitro benzene ring substituents is 1. The molecule has 1 heterocycles. The second-order valence-corrected chi connectivity index (χ2v) is 8.07. The molecular formula is C21H19F3N4O3S. The van der Waals surface area contributed by atoms with Gasteiger partial charge in [0.2, 0.25) is 5.91 Å². The number of imidazole rings is 1. The number of amides is 1. The van der Waals surface area contributed by atoms with Gasteiger partial charge >= 0.3 is 6.18 Å². The van der Waals surface area contributed by atoms with Gasteiger partial charge in [-0.2, -0.15) is 13.2 Å². The minimum Gasteiger partial charge on any atom is -0.353 e. The quantitative estimate of drug-likeness (QED) is 0.299. The zero-order valence-corrected chi connectivity index (χ0v) is 17.9. The number of hydrogen-bond donors (Lipinski definition) is 1. The third-order valence-electron chi connectivity index (χ3n) is 4.30. The van der Waals surface area contributed by atoms with E-state index in [4.69, 9.17) is 0 Å². The fraction of sp³-hybridized carbons (Fsp3) is 0.238. The molecule has 2 aromatic carbocycles. The largest absolute Gasteiger partial charge is 0.416 e. The van der Waals surface area contributed by atoms with Crippen molar-refractivity contribution in [2.75, 3.05) is 5.75 Å². The number of carbonyl (C=O) groups excluding carboxylic acids is 1. The number of halogens is 3. The molecule has 0 saturated heterocycles. The molecule has 1 amide bonds. The Labute approximate surface area is 185 Å². The third-order valence-corrected chi connectivity index (χ3v) is 5.25. The zero-order chi connectivity index (χ0) is 23.5. The molecule has 0 spiro atoms. The van der Waals surface area contributed by atoms with Gasteiger partial charge in [0.05, 0.1) is 28.1 Å². The smallest absolute Gasteiger partial charge is 0.353 e. The van der Waals surface area contributed by atoms with Gasteiger partial charge in [0.1, 0.15) is 0 Å². The van der Waals surface area contributed by atoms with Crippen molar-refractivity contribution in [2.24, 2.45) is 0 Å². The minimum absolute atomic E-state index is 0.00251. The van der Waals surface area contributed by atoms with Crippen molar-refractivity contribution in [3.8, 4) is 16.9 Å². The topological polar surface area (TPSA) is 90.1 Å². The van der Waals surface area contributed by atoms with E-state index >= 15 is 0 Å². The summed E-state index contributed by atoms with van der Waals surface area (Å²) in [5.74, 6) is -0.247. The van der Waals surface area contributed by atoms with Crippen LogP contribution in [0.1, 0.15) is 19.4 Å². The highest BCUT2D eigenvalue weighted by molar-refractivity contribution is 7.99. The lowest BCUT2D eigenvalue weighted by Gasteiger charge is -2.15. The van der Waals surface area contributed by atoms with Crippen LogP contribution in [0.5, 0.6) is 0 Å². The number of benzene rings is 2. The summed E-state index contributed by atoms with van der Waals surface area (Å²) < 4.78 is 41.3. The van der Waals surface area contributed by atoms with Gasteiger partial charge in [-0.1, -0.05) is 30.0 Å². The van der Waals surface area contributed by atoms with Crippen LogP contribution < -0.4 is 5.32 Å². The van der Waals surface area contributed by atoms with Gasteiger partial charge in [-0.15, -0.1) is 0 Å². The molecule has 0 bridgehead atoms. The molecule has 3 rings (SSSR count). The van der Waals surface area contributed by atoms with Crippen LogP contribution in [0.3, 0.4) is 0 Å². The first kappa shape index (κ1) is 23.3. The third kappa shape index (κ3) is 5.47. The molecule has 0 radical (unpaired) electrons. The lowest BCUT2D eigenvalue weighted by Crippen LogP contribution is -2.31. The number of nitrogens with zero attached hydrogens (tertiary/aromatic N) is 3. The summed E-state index contributed by atoms with van der Waals surface area (Å²) in [6.45, 7) is 3.62. The molecular weight excluding hydrogens is 445 g/mol. The number of aromatic nitrogens is 2. The summed E-state index contributed by atoms with van der Waals surface area (Å²) in [6, 6.07) is 10.4. The van der Waals surface area contributed by atoms with E-state index in [1.807, 2.05) is 13.8 Å². The monoisotopic (exact) mass is 464 g/mol. The molecule has 1 aromatic heterocycles. The lowest BCUT2D eigenvalue weighted by atomic mass is 10.1. The predicted octanol–water partition coefficient (Wildman–Crippen LogP) is 5.08. The van der Waals surface area contributed by atoms with Crippen LogP contribution in [-0.2, 0) is 11.0 Å². The molecule has 32 heavy (non-hydrogen) atoms. The molecule has 0 aliphatic rings. The number of hydrogen-bond acceptors (Lipinski definition) is 5. The SMILES string of the molecule is CC(C)NC(=O)CSc1ncc(-c2cccc([N+](=O)[O-])c2)n1-c1cccc(C(F)(F)F)c1. The van der Waals surface area contributed by atoms with Crippen LogP contribution in [0.4, 0.5) is 18.9 Å². The molecule has 11 heteroatoms. The molecule has 0 saturated carbocycles. The van der Waals surface area contributed by atoms with E-state index in [-0.39, 0.29) is 34.2 Å². The fourth-order valence-corrected chi connectivity index (χ4v) is 3.79.